The van der Waals surface area contributed by atoms with Crippen LogP contribution in [-0.4, -0.2) is 62.6 Å². The summed E-state index contributed by atoms with van der Waals surface area (Å²) in [7, 11) is -2.48. The van der Waals surface area contributed by atoms with Crippen molar-refractivity contribution in [1.29, 1.82) is 0 Å². The Labute approximate surface area is 204 Å². The van der Waals surface area contributed by atoms with E-state index in [1.807, 2.05) is 0 Å². The van der Waals surface area contributed by atoms with Gasteiger partial charge in [0.25, 0.3) is 5.69 Å². The molecule has 0 unspecified atom stereocenters. The Bertz CT molecular complexity index is 1180. The Morgan fingerprint density at radius 2 is 1.80 bits per heavy atom. The number of nitrogens with one attached hydrogen (secondary N) is 1. The van der Waals surface area contributed by atoms with E-state index < -0.39 is 39.3 Å². The van der Waals surface area contributed by atoms with Crippen LogP contribution in [0.15, 0.2) is 42.5 Å². The molecule has 2 aromatic carbocycles. The number of anilines is 1. The number of benzene rings is 2. The third-order valence-electron chi connectivity index (χ3n) is 5.38. The quantitative estimate of drug-likeness (QED) is 0.364. The number of sulfonamides is 1. The van der Waals surface area contributed by atoms with Gasteiger partial charge >= 0.3 is 0 Å². The first-order valence-corrected chi connectivity index (χ1v) is 12.7. The molecular weight excluding hydrogens is 476 g/mol. The summed E-state index contributed by atoms with van der Waals surface area (Å²) >= 11 is 0. The van der Waals surface area contributed by atoms with E-state index in [1.54, 1.807) is 45.0 Å². The number of non-ortho nitro benzene ring substituents is 1. The summed E-state index contributed by atoms with van der Waals surface area (Å²) in [6, 6.07) is 9.79. The lowest BCUT2D eigenvalue weighted by molar-refractivity contribution is -0.384. The van der Waals surface area contributed by atoms with Gasteiger partial charge in [0.2, 0.25) is 21.8 Å². The fourth-order valence-corrected chi connectivity index (χ4v) is 4.31. The number of ether oxygens (including phenoxy) is 1. The van der Waals surface area contributed by atoms with Crippen molar-refractivity contribution in [3.8, 4) is 5.75 Å². The molecule has 0 spiro atoms. The van der Waals surface area contributed by atoms with Crippen LogP contribution in [0.2, 0.25) is 0 Å². The van der Waals surface area contributed by atoms with Crippen LogP contribution in [-0.2, 0) is 26.2 Å². The highest BCUT2D eigenvalue weighted by atomic mass is 32.2. The molecule has 2 rings (SSSR count). The van der Waals surface area contributed by atoms with E-state index in [4.69, 9.17) is 4.74 Å². The number of aryl methyl sites for hydroxylation is 1. The molecule has 35 heavy (non-hydrogen) atoms. The fraction of sp³-hybridized carbons (Fsp3) is 0.391. The van der Waals surface area contributed by atoms with Gasteiger partial charge < -0.3 is 15.0 Å². The third kappa shape index (κ3) is 7.15. The highest BCUT2D eigenvalue weighted by Gasteiger charge is 2.31. The lowest BCUT2D eigenvalue weighted by Crippen LogP contribution is -2.51. The molecule has 2 aromatic rings. The summed E-state index contributed by atoms with van der Waals surface area (Å²) < 4.78 is 31.3. The highest BCUT2D eigenvalue weighted by molar-refractivity contribution is 7.92. The molecule has 12 heteroatoms. The van der Waals surface area contributed by atoms with Crippen LogP contribution in [0.3, 0.4) is 0 Å². The van der Waals surface area contributed by atoms with Crippen LogP contribution < -0.4 is 14.4 Å². The molecule has 0 heterocycles. The normalized spacial score (nSPS) is 11.9. The summed E-state index contributed by atoms with van der Waals surface area (Å²) in [4.78, 5) is 37.9. The van der Waals surface area contributed by atoms with Crippen molar-refractivity contribution in [2.24, 2.45) is 0 Å². The number of carbonyl (C=O) groups is 2. The molecule has 2 amide bonds. The standard InChI is InChI=1S/C23H30N4O7S/c1-6-24-23(29)17(3)25(14-18-8-11-20(34-4)12-9-18)22(28)15-26(35(5,32)33)21-13-19(27(30)31)10-7-16(21)2/h7-13,17H,6,14-15H2,1-5H3,(H,24,29)/t17-/m1/s1. The Hall–Kier alpha value is -3.67. The minimum absolute atomic E-state index is 0.0186. The zero-order valence-corrected chi connectivity index (χ0v) is 21.2. The summed E-state index contributed by atoms with van der Waals surface area (Å²) in [6.45, 7) is 4.64. The second-order valence-corrected chi connectivity index (χ2v) is 9.84. The minimum Gasteiger partial charge on any atom is -0.497 e. The summed E-state index contributed by atoms with van der Waals surface area (Å²) in [6.07, 6.45) is 0.916. The van der Waals surface area contributed by atoms with Gasteiger partial charge in [-0.1, -0.05) is 18.2 Å². The molecule has 0 fully saturated rings. The number of nitrogens with zero attached hydrogens (tertiary/aromatic N) is 3. The van der Waals surface area contributed by atoms with Crippen molar-refractivity contribution in [3.05, 3.63) is 63.7 Å². The third-order valence-corrected chi connectivity index (χ3v) is 6.51. The second kappa shape index (κ2) is 11.6. The smallest absolute Gasteiger partial charge is 0.271 e. The van der Waals surface area contributed by atoms with Gasteiger partial charge in [0.15, 0.2) is 0 Å². The van der Waals surface area contributed by atoms with E-state index in [2.05, 4.69) is 5.32 Å². The molecule has 0 radical (unpaired) electrons. The number of methoxy groups -OCH3 is 1. The fourth-order valence-electron chi connectivity index (χ4n) is 3.41. The van der Waals surface area contributed by atoms with Crippen LogP contribution in [0.5, 0.6) is 5.75 Å². The van der Waals surface area contributed by atoms with Crippen LogP contribution in [0.4, 0.5) is 11.4 Å². The molecule has 0 bridgehead atoms. The van der Waals surface area contributed by atoms with E-state index in [9.17, 15) is 28.1 Å². The van der Waals surface area contributed by atoms with Crippen molar-refractivity contribution >= 4 is 33.2 Å². The molecule has 0 aliphatic rings. The number of nitro groups is 1. The van der Waals surface area contributed by atoms with Gasteiger partial charge in [0.05, 0.1) is 24.0 Å². The molecule has 0 aliphatic heterocycles. The number of nitro benzene ring substituents is 1. The maximum atomic E-state index is 13.5. The molecule has 0 saturated heterocycles. The number of rotatable bonds is 11. The second-order valence-electron chi connectivity index (χ2n) is 7.94. The average molecular weight is 507 g/mol. The Balaban J connectivity index is 2.46. The van der Waals surface area contributed by atoms with Gasteiger partial charge in [-0.2, -0.15) is 0 Å². The Morgan fingerprint density at radius 3 is 2.31 bits per heavy atom. The predicted molar refractivity (Wildman–Crippen MR) is 132 cm³/mol. The Kier molecular flexibility index (Phi) is 9.18. The number of hydrogen-bond donors (Lipinski definition) is 1. The largest absolute Gasteiger partial charge is 0.497 e. The van der Waals surface area contributed by atoms with Gasteiger partial charge in [-0.25, -0.2) is 8.42 Å². The van der Waals surface area contributed by atoms with Gasteiger partial charge in [-0.3, -0.25) is 24.0 Å². The zero-order chi connectivity index (χ0) is 26.3. The SMILES string of the molecule is CCNC(=O)[C@@H](C)N(Cc1ccc(OC)cc1)C(=O)CN(c1cc([N+](=O)[O-])ccc1C)S(C)(=O)=O. The molecule has 1 N–H and O–H groups in total. The first kappa shape index (κ1) is 27.6. The average Bonchev–Trinajstić information content (AvgIpc) is 2.80. The first-order chi connectivity index (χ1) is 16.4. The maximum Gasteiger partial charge on any atom is 0.271 e. The van der Waals surface area contributed by atoms with Crippen molar-refractivity contribution in [3.63, 3.8) is 0 Å². The highest BCUT2D eigenvalue weighted by Crippen LogP contribution is 2.28. The van der Waals surface area contributed by atoms with Crippen molar-refractivity contribution in [1.82, 2.24) is 10.2 Å². The summed E-state index contributed by atoms with van der Waals surface area (Å²) in [5, 5.41) is 13.9. The monoisotopic (exact) mass is 506 g/mol. The van der Waals surface area contributed by atoms with Crippen molar-refractivity contribution < 1.29 is 27.7 Å². The molecule has 0 aromatic heterocycles. The van der Waals surface area contributed by atoms with Crippen molar-refractivity contribution in [2.45, 2.75) is 33.4 Å². The molecule has 1 atom stereocenters. The van der Waals surface area contributed by atoms with E-state index in [0.717, 1.165) is 16.6 Å². The lowest BCUT2D eigenvalue weighted by atomic mass is 10.1. The number of hydrogen-bond acceptors (Lipinski definition) is 7. The molecule has 0 saturated carbocycles. The summed E-state index contributed by atoms with van der Waals surface area (Å²) in [5.41, 5.74) is 0.850. The molecular formula is C23H30N4O7S. The van der Waals surface area contributed by atoms with E-state index in [-0.39, 0.29) is 17.9 Å². The van der Waals surface area contributed by atoms with Gasteiger partial charge in [0, 0.05) is 25.2 Å². The molecule has 0 aliphatic carbocycles. The first-order valence-electron chi connectivity index (χ1n) is 10.8. The predicted octanol–water partition coefficient (Wildman–Crippen LogP) is 2.23. The van der Waals surface area contributed by atoms with Crippen LogP contribution >= 0.6 is 0 Å². The van der Waals surface area contributed by atoms with Crippen LogP contribution in [0.25, 0.3) is 0 Å². The Morgan fingerprint density at radius 1 is 1.17 bits per heavy atom. The van der Waals surface area contributed by atoms with E-state index in [0.29, 0.717) is 23.4 Å². The zero-order valence-electron chi connectivity index (χ0n) is 20.3. The topological polar surface area (TPSA) is 139 Å². The summed E-state index contributed by atoms with van der Waals surface area (Å²) in [5.74, 6) is -0.421. The van der Waals surface area contributed by atoms with Crippen LogP contribution in [0, 0.1) is 17.0 Å². The molecule has 190 valence electrons. The van der Waals surface area contributed by atoms with E-state index >= 15 is 0 Å². The maximum absolute atomic E-state index is 13.5. The van der Waals surface area contributed by atoms with Gasteiger partial charge in [-0.05, 0) is 44.0 Å². The van der Waals surface area contributed by atoms with Crippen molar-refractivity contribution in [2.75, 3.05) is 30.8 Å². The van der Waals surface area contributed by atoms with Gasteiger partial charge in [-0.15, -0.1) is 0 Å². The van der Waals surface area contributed by atoms with E-state index in [1.165, 1.54) is 24.1 Å². The number of amides is 2. The lowest BCUT2D eigenvalue weighted by Gasteiger charge is -2.31. The number of likely N-dealkylation sites (N-methyl/N-ethyl adjacent to an activating group) is 1. The van der Waals surface area contributed by atoms with Gasteiger partial charge in [0.1, 0.15) is 18.3 Å². The van der Waals surface area contributed by atoms with Crippen LogP contribution in [0.1, 0.15) is 25.0 Å². The number of carbonyl (C=O) groups excluding carboxylic acids is 2. The molecule has 11 nitrogen and oxygen atoms in total. The minimum atomic E-state index is -4.00.